The van der Waals surface area contributed by atoms with Crippen LogP contribution in [-0.4, -0.2) is 9.55 Å². The Bertz CT molecular complexity index is 1420. The highest BCUT2D eigenvalue weighted by Gasteiger charge is 2.23. The first-order valence-electron chi connectivity index (χ1n) is 12.1. The Morgan fingerprint density at radius 1 is 1.00 bits per heavy atom. The maximum atomic E-state index is 10.0. The summed E-state index contributed by atoms with van der Waals surface area (Å²) in [5.74, 6) is 1.96. The average molecular weight is 448 g/mol. The molecule has 1 aliphatic rings. The van der Waals surface area contributed by atoms with Crippen LogP contribution in [0.5, 0.6) is 5.75 Å². The fraction of sp³-hybridized carbons (Fsp3) is 0.267. The van der Waals surface area contributed by atoms with Crippen molar-refractivity contribution in [2.75, 3.05) is 0 Å². The molecule has 3 aromatic carbocycles. The van der Waals surface area contributed by atoms with E-state index in [9.17, 15) is 5.26 Å². The van der Waals surface area contributed by atoms with Gasteiger partial charge in [0.25, 0.3) is 0 Å². The molecule has 0 saturated carbocycles. The van der Waals surface area contributed by atoms with Crippen LogP contribution in [0.3, 0.4) is 0 Å². The largest absolute Gasteiger partial charge is 0.488 e. The summed E-state index contributed by atoms with van der Waals surface area (Å²) in [6, 6.07) is 25.5. The number of fused-ring (bicyclic) bond motifs is 3. The van der Waals surface area contributed by atoms with E-state index in [1.54, 1.807) is 0 Å². The van der Waals surface area contributed by atoms with Gasteiger partial charge in [-0.05, 0) is 53.8 Å². The predicted molar refractivity (Wildman–Crippen MR) is 137 cm³/mol. The van der Waals surface area contributed by atoms with E-state index >= 15 is 0 Å². The van der Waals surface area contributed by atoms with Gasteiger partial charge < -0.3 is 9.30 Å². The van der Waals surface area contributed by atoms with Crippen LogP contribution in [0.15, 0.2) is 72.3 Å². The minimum atomic E-state index is 0.487. The molecule has 34 heavy (non-hydrogen) atoms. The van der Waals surface area contributed by atoms with Crippen LogP contribution in [0.4, 0.5) is 0 Å². The molecule has 0 bridgehead atoms. The molecule has 0 unspecified atom stereocenters. The summed E-state index contributed by atoms with van der Waals surface area (Å²) in [7, 11) is 0. The third-order valence-electron chi connectivity index (χ3n) is 6.46. The average Bonchev–Trinajstić information content (AvgIpc) is 3.11. The van der Waals surface area contributed by atoms with E-state index in [2.05, 4.69) is 66.9 Å². The fourth-order valence-electron chi connectivity index (χ4n) is 4.92. The Morgan fingerprint density at radius 2 is 1.82 bits per heavy atom. The molecule has 5 rings (SSSR count). The lowest BCUT2D eigenvalue weighted by molar-refractivity contribution is 0.307. The van der Waals surface area contributed by atoms with Gasteiger partial charge in [0.2, 0.25) is 0 Å². The third kappa shape index (κ3) is 3.99. The normalized spacial score (nSPS) is 14.0. The van der Waals surface area contributed by atoms with E-state index in [1.807, 2.05) is 24.3 Å². The number of aryl methyl sites for hydroxylation is 1. The number of hydrogen-bond donors (Lipinski definition) is 0. The van der Waals surface area contributed by atoms with Crippen molar-refractivity contribution in [1.82, 2.24) is 9.55 Å². The Hall–Kier alpha value is -3.84. The molecule has 0 N–H and O–H groups in total. The van der Waals surface area contributed by atoms with E-state index in [0.29, 0.717) is 6.61 Å². The van der Waals surface area contributed by atoms with E-state index in [0.717, 1.165) is 77.2 Å². The molecular formula is C30H29N3O. The van der Waals surface area contributed by atoms with Gasteiger partial charge in [0.1, 0.15) is 18.2 Å². The van der Waals surface area contributed by atoms with Crippen molar-refractivity contribution in [2.24, 2.45) is 0 Å². The summed E-state index contributed by atoms with van der Waals surface area (Å²) in [6.07, 6.45) is 3.69. The zero-order valence-electron chi connectivity index (χ0n) is 19.8. The molecule has 0 radical (unpaired) electrons. The first kappa shape index (κ1) is 22.0. The maximum absolute atomic E-state index is 10.0. The number of benzene rings is 3. The monoisotopic (exact) mass is 447 g/mol. The number of rotatable bonds is 6. The van der Waals surface area contributed by atoms with Gasteiger partial charge in [0, 0.05) is 29.7 Å². The van der Waals surface area contributed by atoms with Crippen molar-refractivity contribution in [3.63, 3.8) is 0 Å². The molecule has 4 aromatic rings. The summed E-state index contributed by atoms with van der Waals surface area (Å²) >= 11 is 0. The summed E-state index contributed by atoms with van der Waals surface area (Å²) in [5.41, 5.74) is 8.48. The Balaban J connectivity index is 1.61. The highest BCUT2D eigenvalue weighted by molar-refractivity contribution is 5.88. The van der Waals surface area contributed by atoms with Crippen molar-refractivity contribution in [3.8, 4) is 11.8 Å². The highest BCUT2D eigenvalue weighted by atomic mass is 16.5. The second kappa shape index (κ2) is 9.57. The number of allylic oxidation sites excluding steroid dienone is 1. The number of imidazole rings is 1. The second-order valence-electron chi connectivity index (χ2n) is 8.84. The van der Waals surface area contributed by atoms with E-state index in [4.69, 9.17) is 9.72 Å². The SMILES string of the molecule is CCCC(C#N)=C1c2ccc(Cn3c(CCC)nc4ccccc43)cc2COc2ccccc21. The fourth-order valence-corrected chi connectivity index (χ4v) is 4.92. The molecule has 0 amide bonds. The van der Waals surface area contributed by atoms with E-state index < -0.39 is 0 Å². The van der Waals surface area contributed by atoms with Crippen molar-refractivity contribution < 1.29 is 4.74 Å². The van der Waals surface area contributed by atoms with Crippen molar-refractivity contribution in [3.05, 3.63) is 100 Å². The molecule has 0 aliphatic carbocycles. The van der Waals surface area contributed by atoms with Crippen LogP contribution >= 0.6 is 0 Å². The topological polar surface area (TPSA) is 50.8 Å². The molecule has 4 heteroatoms. The molecule has 0 fully saturated rings. The highest BCUT2D eigenvalue weighted by Crippen LogP contribution is 2.39. The van der Waals surface area contributed by atoms with Gasteiger partial charge >= 0.3 is 0 Å². The molecule has 2 heterocycles. The zero-order valence-corrected chi connectivity index (χ0v) is 19.8. The lowest BCUT2D eigenvalue weighted by atomic mass is 9.88. The summed E-state index contributed by atoms with van der Waals surface area (Å²) < 4.78 is 8.57. The molecule has 4 nitrogen and oxygen atoms in total. The van der Waals surface area contributed by atoms with Crippen molar-refractivity contribution in [1.29, 1.82) is 5.26 Å². The summed E-state index contributed by atoms with van der Waals surface area (Å²) in [6.45, 7) is 5.55. The van der Waals surface area contributed by atoms with Gasteiger partial charge in [0.15, 0.2) is 0 Å². The molecule has 1 aliphatic heterocycles. The molecular weight excluding hydrogens is 418 g/mol. The number of nitriles is 1. The van der Waals surface area contributed by atoms with Gasteiger partial charge in [0.05, 0.1) is 17.1 Å². The Labute approximate surface area is 201 Å². The quantitative estimate of drug-likeness (QED) is 0.297. The minimum Gasteiger partial charge on any atom is -0.488 e. The van der Waals surface area contributed by atoms with Crippen LogP contribution in [0.25, 0.3) is 16.6 Å². The lowest BCUT2D eigenvalue weighted by Crippen LogP contribution is -2.07. The molecule has 0 atom stereocenters. The Kier molecular flexibility index (Phi) is 6.18. The van der Waals surface area contributed by atoms with Gasteiger partial charge in [-0.15, -0.1) is 0 Å². The van der Waals surface area contributed by atoms with Crippen molar-refractivity contribution in [2.45, 2.75) is 52.7 Å². The van der Waals surface area contributed by atoms with Crippen molar-refractivity contribution >= 4 is 16.6 Å². The first-order valence-corrected chi connectivity index (χ1v) is 12.1. The smallest absolute Gasteiger partial charge is 0.127 e. The van der Waals surface area contributed by atoms with Gasteiger partial charge in [-0.25, -0.2) is 4.98 Å². The molecule has 170 valence electrons. The Morgan fingerprint density at radius 3 is 2.65 bits per heavy atom. The standard InChI is InChI=1S/C30H29N3O/c1-3-9-22(18-31)30-24-16-15-21(17-23(24)20-34-28-14-8-5-11-25(28)30)19-33-27-13-7-6-12-26(27)32-29(33)10-4-2/h5-8,11-17H,3-4,9-10,19-20H2,1-2H3. The van der Waals surface area contributed by atoms with Crippen LogP contribution < -0.4 is 4.74 Å². The number of ether oxygens (including phenoxy) is 1. The van der Waals surface area contributed by atoms with Crippen LogP contribution in [0, 0.1) is 11.3 Å². The van der Waals surface area contributed by atoms with Crippen LogP contribution in [0.1, 0.15) is 61.2 Å². The van der Waals surface area contributed by atoms with E-state index in [1.165, 1.54) is 11.1 Å². The second-order valence-corrected chi connectivity index (χ2v) is 8.84. The van der Waals surface area contributed by atoms with E-state index in [-0.39, 0.29) is 0 Å². The lowest BCUT2D eigenvalue weighted by Gasteiger charge is -2.15. The molecule has 0 saturated heterocycles. The van der Waals surface area contributed by atoms with Crippen LogP contribution in [0.2, 0.25) is 0 Å². The van der Waals surface area contributed by atoms with Gasteiger partial charge in [-0.1, -0.05) is 62.7 Å². The van der Waals surface area contributed by atoms with Crippen LogP contribution in [-0.2, 0) is 19.6 Å². The maximum Gasteiger partial charge on any atom is 0.127 e. The third-order valence-corrected chi connectivity index (χ3v) is 6.46. The number of aromatic nitrogens is 2. The van der Waals surface area contributed by atoms with Gasteiger partial charge in [-0.3, -0.25) is 0 Å². The van der Waals surface area contributed by atoms with Gasteiger partial charge in [-0.2, -0.15) is 5.26 Å². The number of nitrogens with zero attached hydrogens (tertiary/aromatic N) is 3. The minimum absolute atomic E-state index is 0.487. The predicted octanol–water partition coefficient (Wildman–Crippen LogP) is 7.06. The molecule has 1 aromatic heterocycles. The number of para-hydroxylation sites is 3. The zero-order chi connectivity index (χ0) is 23.5. The number of hydrogen-bond acceptors (Lipinski definition) is 3. The molecule has 0 spiro atoms. The first-order chi connectivity index (χ1) is 16.7. The summed E-state index contributed by atoms with van der Waals surface area (Å²) in [5, 5.41) is 10.0. The summed E-state index contributed by atoms with van der Waals surface area (Å²) in [4.78, 5) is 4.89.